The third-order valence-electron chi connectivity index (χ3n) is 4.34. The van der Waals surface area contributed by atoms with E-state index in [0.29, 0.717) is 0 Å². The van der Waals surface area contributed by atoms with Crippen molar-refractivity contribution >= 4 is 17.3 Å². The summed E-state index contributed by atoms with van der Waals surface area (Å²) in [5, 5.41) is 24.9. The van der Waals surface area contributed by atoms with E-state index in [4.69, 9.17) is 4.74 Å². The van der Waals surface area contributed by atoms with Gasteiger partial charge in [0.1, 0.15) is 5.75 Å². The largest absolute Gasteiger partial charge is 0.497 e. The number of methoxy groups -OCH3 is 1. The number of amides is 1. The molecular weight excluding hydrogens is 395 g/mol. The molecule has 1 aliphatic rings. The Morgan fingerprint density at radius 2 is 1.97 bits per heavy atom. The van der Waals surface area contributed by atoms with Crippen molar-refractivity contribution in [2.45, 2.75) is 18.3 Å². The summed E-state index contributed by atoms with van der Waals surface area (Å²) in [4.78, 5) is 22.9. The van der Waals surface area contributed by atoms with E-state index in [9.17, 15) is 33.2 Å². The number of carbonyl (C=O) groups excluding carboxylic acids is 1. The number of hydrogen-bond donors (Lipinski definition) is 1. The van der Waals surface area contributed by atoms with Crippen LogP contribution in [-0.2, 0) is 0 Å². The molecule has 0 fully saturated rings. The second kappa shape index (κ2) is 7.17. The minimum Gasteiger partial charge on any atom is -0.497 e. The van der Waals surface area contributed by atoms with Crippen molar-refractivity contribution in [3.8, 4) is 5.75 Å². The SMILES string of the molecule is COc1cccc(C(=O)N2N=C(c3cccc([N+](=O)[O-])c3)CC2(O)C(F)(F)F)c1. The summed E-state index contributed by atoms with van der Waals surface area (Å²) in [6.07, 6.45) is -6.30. The Hall–Kier alpha value is -3.47. The topological polar surface area (TPSA) is 105 Å². The number of halogens is 3. The van der Waals surface area contributed by atoms with Gasteiger partial charge in [0.2, 0.25) is 0 Å². The van der Waals surface area contributed by atoms with E-state index in [1.807, 2.05) is 0 Å². The molecular formula is C18H14F3N3O5. The number of rotatable bonds is 4. The second-order valence-electron chi connectivity index (χ2n) is 6.19. The maximum atomic E-state index is 13.7. The number of nitro groups is 1. The van der Waals surface area contributed by atoms with Gasteiger partial charge in [-0.05, 0) is 18.2 Å². The van der Waals surface area contributed by atoms with Crippen molar-refractivity contribution in [1.29, 1.82) is 0 Å². The van der Waals surface area contributed by atoms with Crippen LogP contribution in [-0.4, -0.2) is 45.7 Å². The second-order valence-corrected chi connectivity index (χ2v) is 6.19. The van der Waals surface area contributed by atoms with Gasteiger partial charge in [0.25, 0.3) is 17.3 Å². The Morgan fingerprint density at radius 3 is 2.59 bits per heavy atom. The molecule has 29 heavy (non-hydrogen) atoms. The van der Waals surface area contributed by atoms with Crippen molar-refractivity contribution in [2.24, 2.45) is 5.10 Å². The van der Waals surface area contributed by atoms with Crippen molar-refractivity contribution in [3.63, 3.8) is 0 Å². The summed E-state index contributed by atoms with van der Waals surface area (Å²) in [7, 11) is 1.32. The first kappa shape index (κ1) is 20.3. The Labute approximate surface area is 162 Å². The quantitative estimate of drug-likeness (QED) is 0.617. The molecule has 1 unspecified atom stereocenters. The monoisotopic (exact) mass is 409 g/mol. The number of benzene rings is 2. The van der Waals surface area contributed by atoms with Crippen LogP contribution in [0.15, 0.2) is 53.6 Å². The molecule has 3 rings (SSSR count). The standard InChI is InChI=1S/C18H14F3N3O5/c1-29-14-7-3-5-12(9-14)16(25)23-17(26,18(19,20)21)10-15(22-23)11-4-2-6-13(8-11)24(27)28/h2-9,26H,10H2,1H3. The van der Waals surface area contributed by atoms with Gasteiger partial charge in [0.15, 0.2) is 0 Å². The molecule has 0 spiro atoms. The fourth-order valence-corrected chi connectivity index (χ4v) is 2.82. The van der Waals surface area contributed by atoms with Crippen LogP contribution in [0.25, 0.3) is 0 Å². The molecule has 1 atom stereocenters. The molecule has 2 aromatic carbocycles. The molecule has 0 saturated heterocycles. The van der Waals surface area contributed by atoms with Gasteiger partial charge >= 0.3 is 6.18 Å². The number of nitro benzene ring substituents is 1. The molecule has 152 valence electrons. The highest BCUT2D eigenvalue weighted by molar-refractivity contribution is 6.05. The third kappa shape index (κ3) is 3.63. The Morgan fingerprint density at radius 1 is 1.28 bits per heavy atom. The lowest BCUT2D eigenvalue weighted by Gasteiger charge is -2.32. The molecule has 0 aliphatic carbocycles. The van der Waals surface area contributed by atoms with Crippen LogP contribution in [0.4, 0.5) is 18.9 Å². The number of ether oxygens (including phenoxy) is 1. The van der Waals surface area contributed by atoms with Crippen LogP contribution in [0.2, 0.25) is 0 Å². The maximum Gasteiger partial charge on any atom is 0.438 e. The van der Waals surface area contributed by atoms with Crippen molar-refractivity contribution in [1.82, 2.24) is 5.01 Å². The molecule has 11 heteroatoms. The van der Waals surface area contributed by atoms with Crippen LogP contribution in [0.1, 0.15) is 22.3 Å². The van der Waals surface area contributed by atoms with Gasteiger partial charge in [-0.25, -0.2) is 0 Å². The van der Waals surface area contributed by atoms with Crippen molar-refractivity contribution in [3.05, 3.63) is 69.8 Å². The van der Waals surface area contributed by atoms with E-state index in [1.54, 1.807) is 0 Å². The normalized spacial score (nSPS) is 19.1. The van der Waals surface area contributed by atoms with Crippen LogP contribution < -0.4 is 4.74 Å². The van der Waals surface area contributed by atoms with Crippen LogP contribution in [0.3, 0.4) is 0 Å². The fourth-order valence-electron chi connectivity index (χ4n) is 2.82. The van der Waals surface area contributed by atoms with Gasteiger partial charge in [-0.15, -0.1) is 0 Å². The number of hydrazone groups is 1. The Balaban J connectivity index is 2.07. The fraction of sp³-hybridized carbons (Fsp3) is 0.222. The first-order valence-corrected chi connectivity index (χ1v) is 8.17. The van der Waals surface area contributed by atoms with Gasteiger partial charge < -0.3 is 9.84 Å². The molecule has 1 N–H and O–H groups in total. The van der Waals surface area contributed by atoms with E-state index >= 15 is 0 Å². The zero-order valence-corrected chi connectivity index (χ0v) is 14.9. The van der Waals surface area contributed by atoms with E-state index in [1.165, 1.54) is 43.5 Å². The minimum atomic E-state index is -5.23. The summed E-state index contributed by atoms with van der Waals surface area (Å²) in [5.41, 5.74) is -4.48. The number of aliphatic hydroxyl groups is 1. The van der Waals surface area contributed by atoms with Crippen LogP contribution in [0.5, 0.6) is 5.75 Å². The molecule has 1 aliphatic heterocycles. The summed E-state index contributed by atoms with van der Waals surface area (Å²) >= 11 is 0. The maximum absolute atomic E-state index is 13.7. The molecule has 1 amide bonds. The predicted octanol–water partition coefficient (Wildman–Crippen LogP) is 3.10. The zero-order chi connectivity index (χ0) is 21.4. The summed E-state index contributed by atoms with van der Waals surface area (Å²) in [5.74, 6) is -0.974. The first-order chi connectivity index (χ1) is 13.6. The number of nitrogens with zero attached hydrogens (tertiary/aromatic N) is 3. The van der Waals surface area contributed by atoms with E-state index in [-0.39, 0.29) is 33.3 Å². The summed E-state index contributed by atoms with van der Waals surface area (Å²) in [6, 6.07) is 10.1. The highest BCUT2D eigenvalue weighted by Crippen LogP contribution is 2.42. The van der Waals surface area contributed by atoms with E-state index < -0.39 is 29.2 Å². The molecule has 8 nitrogen and oxygen atoms in total. The Bertz CT molecular complexity index is 1010. The number of hydrogen-bond acceptors (Lipinski definition) is 6. The summed E-state index contributed by atoms with van der Waals surface area (Å²) in [6.45, 7) is 0. The number of alkyl halides is 3. The third-order valence-corrected chi connectivity index (χ3v) is 4.34. The molecule has 0 bridgehead atoms. The Kier molecular flexibility index (Phi) is 5.01. The lowest BCUT2D eigenvalue weighted by Crippen LogP contribution is -2.56. The van der Waals surface area contributed by atoms with Crippen LogP contribution in [0, 0.1) is 10.1 Å². The molecule has 0 radical (unpaired) electrons. The molecule has 1 heterocycles. The highest BCUT2D eigenvalue weighted by Gasteiger charge is 2.63. The highest BCUT2D eigenvalue weighted by atomic mass is 19.4. The average Bonchev–Trinajstić information content (AvgIpc) is 3.06. The molecule has 2 aromatic rings. The average molecular weight is 409 g/mol. The van der Waals surface area contributed by atoms with Gasteiger partial charge in [-0.1, -0.05) is 18.2 Å². The van der Waals surface area contributed by atoms with Gasteiger partial charge in [0.05, 0.1) is 24.2 Å². The van der Waals surface area contributed by atoms with E-state index in [2.05, 4.69) is 5.10 Å². The molecule has 0 saturated carbocycles. The van der Waals surface area contributed by atoms with Gasteiger partial charge in [-0.2, -0.15) is 23.3 Å². The van der Waals surface area contributed by atoms with Gasteiger partial charge in [-0.3, -0.25) is 14.9 Å². The van der Waals surface area contributed by atoms with E-state index in [0.717, 1.165) is 12.1 Å². The van der Waals surface area contributed by atoms with Crippen LogP contribution >= 0.6 is 0 Å². The number of non-ortho nitro benzene ring substituents is 1. The smallest absolute Gasteiger partial charge is 0.438 e. The molecule has 0 aromatic heterocycles. The zero-order valence-electron chi connectivity index (χ0n) is 14.9. The van der Waals surface area contributed by atoms with Crippen molar-refractivity contribution in [2.75, 3.05) is 7.11 Å². The lowest BCUT2D eigenvalue weighted by atomic mass is 10.00. The van der Waals surface area contributed by atoms with Crippen molar-refractivity contribution < 1.29 is 32.7 Å². The summed E-state index contributed by atoms with van der Waals surface area (Å²) < 4.78 is 45.9. The minimum absolute atomic E-state index is 0.0113. The van der Waals surface area contributed by atoms with Gasteiger partial charge in [0, 0.05) is 23.3 Å². The predicted molar refractivity (Wildman–Crippen MR) is 94.4 cm³/mol. The lowest BCUT2D eigenvalue weighted by molar-refractivity contribution is -0.384. The first-order valence-electron chi connectivity index (χ1n) is 8.17. The number of carbonyl (C=O) groups is 1.